The summed E-state index contributed by atoms with van der Waals surface area (Å²) in [5.74, 6) is 0. The Morgan fingerprint density at radius 3 is 2.57 bits per heavy atom. The van der Waals surface area contributed by atoms with Crippen LogP contribution in [0.25, 0.3) is 0 Å². The summed E-state index contributed by atoms with van der Waals surface area (Å²) in [7, 11) is -0.771. The summed E-state index contributed by atoms with van der Waals surface area (Å²) >= 11 is 3.12. The molecule has 0 amide bonds. The maximum Gasteiger partial charge on any atom is 0.314 e. The van der Waals surface area contributed by atoms with Crippen molar-refractivity contribution in [3.63, 3.8) is 0 Å². The summed E-state index contributed by atoms with van der Waals surface area (Å²) in [6, 6.07) is 1.42. The lowest BCUT2D eigenvalue weighted by molar-refractivity contribution is 0.00511. The lowest BCUT2D eigenvalue weighted by atomic mass is 10.5. The van der Waals surface area contributed by atoms with Gasteiger partial charge in [-0.25, -0.2) is 0 Å². The van der Waals surface area contributed by atoms with Crippen LogP contribution in [0.4, 0.5) is 0 Å². The van der Waals surface area contributed by atoms with Crippen LogP contribution in [0.2, 0.25) is 0 Å². The Morgan fingerprint density at radius 1 is 1.43 bits per heavy atom. The highest BCUT2D eigenvalue weighted by molar-refractivity contribution is 9.10. The van der Waals surface area contributed by atoms with Crippen LogP contribution in [0, 0.1) is 0 Å². The van der Waals surface area contributed by atoms with Gasteiger partial charge in [-0.15, -0.1) is 0 Å². The normalized spacial score (nSPS) is 12.0. The van der Waals surface area contributed by atoms with E-state index in [1.165, 1.54) is 32.6 Å². The fourth-order valence-electron chi connectivity index (χ4n) is 0.768. The Morgan fingerprint density at radius 2 is 2.07 bits per heavy atom. The van der Waals surface area contributed by atoms with Crippen molar-refractivity contribution in [2.45, 2.75) is 4.90 Å². The van der Waals surface area contributed by atoms with Gasteiger partial charge in [0.05, 0.1) is 0 Å². The maximum atomic E-state index is 11.5. The molecule has 1 aromatic rings. The Bertz CT molecular complexity index is 419. The van der Waals surface area contributed by atoms with Gasteiger partial charge in [-0.05, 0) is 22.0 Å². The molecular weight excluding hydrogens is 272 g/mol. The molecule has 0 aliphatic heterocycles. The number of pyridine rings is 1. The maximum absolute atomic E-state index is 11.5. The first-order valence-electron chi connectivity index (χ1n) is 3.64. The Hall–Kier alpha value is -0.500. The molecule has 0 spiro atoms. The van der Waals surface area contributed by atoms with E-state index in [9.17, 15) is 8.42 Å². The summed E-state index contributed by atoms with van der Waals surface area (Å²) < 4.78 is 28.1. The van der Waals surface area contributed by atoms with Gasteiger partial charge in [0.1, 0.15) is 4.90 Å². The van der Waals surface area contributed by atoms with Crippen molar-refractivity contribution < 1.29 is 12.7 Å². The van der Waals surface area contributed by atoms with Gasteiger partial charge in [0, 0.05) is 31.0 Å². The lowest BCUT2D eigenvalue weighted by Crippen LogP contribution is -2.19. The molecule has 0 saturated heterocycles. The van der Waals surface area contributed by atoms with Gasteiger partial charge in [-0.1, -0.05) is 0 Å². The summed E-state index contributed by atoms with van der Waals surface area (Å²) in [5, 5.41) is 1.11. The van der Waals surface area contributed by atoms with E-state index >= 15 is 0 Å². The van der Waals surface area contributed by atoms with Crippen molar-refractivity contribution in [1.82, 2.24) is 10.0 Å². The molecule has 0 fully saturated rings. The van der Waals surface area contributed by atoms with E-state index in [-0.39, 0.29) is 4.90 Å². The molecule has 0 aliphatic rings. The standard InChI is InChI=1S/C7H9BrN2O3S/c1-10(2)13-14(11,12)7-3-6(8)4-9-5-7/h3-5H,1-2H3. The molecule has 0 aliphatic carbocycles. The minimum atomic E-state index is -3.75. The third-order valence-electron chi connectivity index (χ3n) is 1.22. The van der Waals surface area contributed by atoms with Crippen molar-refractivity contribution in [3.8, 4) is 0 Å². The number of rotatable bonds is 3. The molecule has 0 radical (unpaired) electrons. The second-order valence-corrected chi connectivity index (χ2v) is 5.12. The van der Waals surface area contributed by atoms with E-state index in [0.717, 1.165) is 5.06 Å². The molecule has 7 heteroatoms. The number of hydrogen-bond donors (Lipinski definition) is 0. The van der Waals surface area contributed by atoms with Gasteiger partial charge in [-0.2, -0.15) is 17.8 Å². The monoisotopic (exact) mass is 280 g/mol. The Balaban J connectivity index is 3.05. The highest BCUT2D eigenvalue weighted by atomic mass is 79.9. The van der Waals surface area contributed by atoms with Crippen molar-refractivity contribution in [1.29, 1.82) is 0 Å². The largest absolute Gasteiger partial charge is 0.314 e. The topological polar surface area (TPSA) is 59.5 Å². The van der Waals surface area contributed by atoms with E-state index in [0.29, 0.717) is 4.47 Å². The molecule has 0 N–H and O–H groups in total. The second-order valence-electron chi connectivity index (χ2n) is 2.68. The molecule has 0 saturated carbocycles. The van der Waals surface area contributed by atoms with Gasteiger partial charge >= 0.3 is 10.1 Å². The van der Waals surface area contributed by atoms with Crippen molar-refractivity contribution >= 4 is 26.0 Å². The zero-order valence-electron chi connectivity index (χ0n) is 7.64. The van der Waals surface area contributed by atoms with Crippen molar-refractivity contribution in [2.24, 2.45) is 0 Å². The van der Waals surface area contributed by atoms with Crippen LogP contribution in [0.3, 0.4) is 0 Å². The van der Waals surface area contributed by atoms with Crippen LogP contribution < -0.4 is 0 Å². The molecular formula is C7H9BrN2O3S. The van der Waals surface area contributed by atoms with Gasteiger partial charge in [0.25, 0.3) is 0 Å². The highest BCUT2D eigenvalue weighted by Crippen LogP contribution is 2.16. The smallest absolute Gasteiger partial charge is 0.262 e. The minimum Gasteiger partial charge on any atom is -0.262 e. The van der Waals surface area contributed by atoms with Gasteiger partial charge < -0.3 is 0 Å². The fourth-order valence-corrected chi connectivity index (χ4v) is 2.22. The van der Waals surface area contributed by atoms with E-state index in [4.69, 9.17) is 0 Å². The molecule has 0 atom stereocenters. The molecule has 0 bridgehead atoms. The average molecular weight is 281 g/mol. The number of aromatic nitrogens is 1. The molecule has 14 heavy (non-hydrogen) atoms. The predicted octanol–water partition coefficient (Wildman–Crippen LogP) is 1.03. The Labute approximate surface area is 90.9 Å². The van der Waals surface area contributed by atoms with Gasteiger partial charge in [0.15, 0.2) is 0 Å². The van der Waals surface area contributed by atoms with Crippen LogP contribution in [-0.2, 0) is 14.4 Å². The van der Waals surface area contributed by atoms with Crippen LogP contribution in [0.15, 0.2) is 27.8 Å². The second kappa shape index (κ2) is 4.35. The molecule has 1 heterocycles. The SMILES string of the molecule is CN(C)OS(=O)(=O)c1cncc(Br)c1. The van der Waals surface area contributed by atoms with Crippen LogP contribution in [0.5, 0.6) is 0 Å². The predicted molar refractivity (Wildman–Crippen MR) is 53.9 cm³/mol. The number of hydrogen-bond acceptors (Lipinski definition) is 5. The van der Waals surface area contributed by atoms with Crippen molar-refractivity contribution in [3.05, 3.63) is 22.9 Å². The highest BCUT2D eigenvalue weighted by Gasteiger charge is 2.17. The van der Waals surface area contributed by atoms with Crippen LogP contribution >= 0.6 is 15.9 Å². The molecule has 5 nitrogen and oxygen atoms in total. The fraction of sp³-hybridized carbons (Fsp3) is 0.286. The van der Waals surface area contributed by atoms with Crippen LogP contribution in [0.1, 0.15) is 0 Å². The number of nitrogens with zero attached hydrogens (tertiary/aromatic N) is 2. The third kappa shape index (κ3) is 3.02. The first-order valence-corrected chi connectivity index (χ1v) is 5.84. The number of hydroxylamine groups is 2. The molecule has 0 aromatic carbocycles. The first kappa shape index (κ1) is 11.6. The summed E-state index contributed by atoms with van der Waals surface area (Å²) in [6.07, 6.45) is 2.72. The first-order chi connectivity index (χ1) is 6.42. The van der Waals surface area contributed by atoms with Crippen LogP contribution in [-0.4, -0.2) is 32.6 Å². The van der Waals surface area contributed by atoms with E-state index in [1.807, 2.05) is 0 Å². The number of halogens is 1. The zero-order chi connectivity index (χ0) is 10.8. The lowest BCUT2D eigenvalue weighted by Gasteiger charge is -2.09. The van der Waals surface area contributed by atoms with E-state index in [1.54, 1.807) is 0 Å². The van der Waals surface area contributed by atoms with E-state index in [2.05, 4.69) is 25.2 Å². The third-order valence-corrected chi connectivity index (χ3v) is 2.94. The molecule has 1 aromatic heterocycles. The summed E-state index contributed by atoms with van der Waals surface area (Å²) in [4.78, 5) is 3.75. The quantitative estimate of drug-likeness (QED) is 0.774. The molecule has 0 unspecified atom stereocenters. The zero-order valence-corrected chi connectivity index (χ0v) is 10.0. The minimum absolute atomic E-state index is 0.0144. The van der Waals surface area contributed by atoms with Gasteiger partial charge in [0.2, 0.25) is 0 Å². The molecule has 78 valence electrons. The van der Waals surface area contributed by atoms with Gasteiger partial charge in [-0.3, -0.25) is 4.98 Å². The average Bonchev–Trinajstić information content (AvgIpc) is 2.01. The molecule has 1 rings (SSSR count). The summed E-state index contributed by atoms with van der Waals surface area (Å²) in [5.41, 5.74) is 0. The van der Waals surface area contributed by atoms with E-state index < -0.39 is 10.1 Å². The Kier molecular flexibility index (Phi) is 3.59. The van der Waals surface area contributed by atoms with Crippen molar-refractivity contribution in [2.75, 3.05) is 14.1 Å². The summed E-state index contributed by atoms with van der Waals surface area (Å²) in [6.45, 7) is 0.